The van der Waals surface area contributed by atoms with Gasteiger partial charge in [0.15, 0.2) is 11.4 Å². The molecule has 3 atom stereocenters. The van der Waals surface area contributed by atoms with E-state index in [4.69, 9.17) is 14.5 Å². The van der Waals surface area contributed by atoms with Gasteiger partial charge in [-0.1, -0.05) is 6.92 Å². The highest BCUT2D eigenvalue weighted by Gasteiger charge is 2.40. The van der Waals surface area contributed by atoms with Gasteiger partial charge in [-0.25, -0.2) is 14.4 Å². The van der Waals surface area contributed by atoms with Gasteiger partial charge < -0.3 is 29.9 Å². The van der Waals surface area contributed by atoms with Gasteiger partial charge in [0.1, 0.15) is 17.6 Å². The van der Waals surface area contributed by atoms with Crippen molar-refractivity contribution in [2.45, 2.75) is 44.7 Å². The summed E-state index contributed by atoms with van der Waals surface area (Å²) in [5, 5.41) is 5.67. The maximum atomic E-state index is 14.5. The van der Waals surface area contributed by atoms with Crippen molar-refractivity contribution in [1.82, 2.24) is 30.5 Å². The van der Waals surface area contributed by atoms with Crippen molar-refractivity contribution >= 4 is 17.5 Å². The molecule has 0 bridgehead atoms. The summed E-state index contributed by atoms with van der Waals surface area (Å²) in [6.07, 6.45) is -2.48. The second kappa shape index (κ2) is 13.8. The Labute approximate surface area is 263 Å². The predicted molar refractivity (Wildman–Crippen MR) is 161 cm³/mol. The Kier molecular flexibility index (Phi) is 9.89. The minimum Gasteiger partial charge on any atom is -0.492 e. The summed E-state index contributed by atoms with van der Waals surface area (Å²) in [5.41, 5.74) is -0.499. The second-order valence-electron chi connectivity index (χ2n) is 10.9. The highest BCUT2D eigenvalue weighted by molar-refractivity contribution is 6.00. The number of piperazine rings is 1. The monoisotopic (exact) mass is 645 g/mol. The number of nitrogens with one attached hydrogen (secondary N) is 2. The molecule has 15 heteroatoms. The van der Waals surface area contributed by atoms with Crippen LogP contribution in [0.4, 0.5) is 23.2 Å². The molecular weight excluding hydrogens is 610 g/mol. The van der Waals surface area contributed by atoms with Crippen molar-refractivity contribution in [2.75, 3.05) is 51.3 Å². The largest absolute Gasteiger partial charge is 0.492 e. The maximum Gasteiger partial charge on any atom is 0.434 e. The van der Waals surface area contributed by atoms with Crippen molar-refractivity contribution in [3.63, 3.8) is 0 Å². The lowest BCUT2D eigenvalue weighted by Crippen LogP contribution is -2.55. The van der Waals surface area contributed by atoms with Crippen LogP contribution in [0, 0.1) is 0 Å². The second-order valence-corrected chi connectivity index (χ2v) is 10.9. The number of nitrogens with zero attached hydrogens (tertiary/aromatic N) is 5. The van der Waals surface area contributed by atoms with Gasteiger partial charge in [-0.05, 0) is 31.5 Å². The zero-order valence-electron chi connectivity index (χ0n) is 25.6. The first-order chi connectivity index (χ1) is 22.0. The van der Waals surface area contributed by atoms with Crippen LogP contribution in [0.15, 0.2) is 42.7 Å². The van der Waals surface area contributed by atoms with Crippen molar-refractivity contribution in [2.24, 2.45) is 0 Å². The van der Waals surface area contributed by atoms with Crippen LogP contribution in [0.5, 0.6) is 11.6 Å². The van der Waals surface area contributed by atoms with E-state index in [-0.39, 0.29) is 44.3 Å². The van der Waals surface area contributed by atoms with E-state index >= 15 is 0 Å². The molecule has 2 amide bonds. The maximum absolute atomic E-state index is 14.5. The van der Waals surface area contributed by atoms with Gasteiger partial charge in [-0.3, -0.25) is 14.6 Å². The molecule has 2 saturated heterocycles. The van der Waals surface area contributed by atoms with Gasteiger partial charge in [0, 0.05) is 68.9 Å². The predicted octanol–water partition coefficient (Wildman–Crippen LogP) is 3.75. The average Bonchev–Trinajstić information content (AvgIpc) is 3.47. The fourth-order valence-electron chi connectivity index (χ4n) is 5.69. The van der Waals surface area contributed by atoms with Crippen LogP contribution in [-0.4, -0.2) is 96.4 Å². The third-order valence-corrected chi connectivity index (χ3v) is 8.00. The zero-order valence-corrected chi connectivity index (χ0v) is 25.6. The van der Waals surface area contributed by atoms with Crippen LogP contribution in [0.2, 0.25) is 0 Å². The smallest absolute Gasteiger partial charge is 0.434 e. The Hall–Kier alpha value is -4.53. The molecule has 0 unspecified atom stereocenters. The Bertz CT molecular complexity index is 1560. The van der Waals surface area contributed by atoms with Crippen molar-refractivity contribution in [1.29, 1.82) is 0 Å². The zero-order chi connectivity index (χ0) is 33.0. The molecule has 2 aliphatic heterocycles. The summed E-state index contributed by atoms with van der Waals surface area (Å²) in [6.45, 7) is 4.64. The molecule has 0 aromatic carbocycles. The van der Waals surface area contributed by atoms with Crippen LogP contribution >= 0.6 is 0 Å². The van der Waals surface area contributed by atoms with E-state index in [1.54, 1.807) is 30.6 Å². The number of alkyl halides is 4. The first-order valence-corrected chi connectivity index (χ1v) is 15.0. The number of amides is 2. The van der Waals surface area contributed by atoms with Gasteiger partial charge in [-0.15, -0.1) is 0 Å². The Morgan fingerprint density at radius 1 is 1.13 bits per heavy atom. The highest BCUT2D eigenvalue weighted by Crippen LogP contribution is 2.37. The van der Waals surface area contributed by atoms with E-state index in [0.29, 0.717) is 35.7 Å². The van der Waals surface area contributed by atoms with Crippen LogP contribution in [0.25, 0.3) is 11.3 Å². The summed E-state index contributed by atoms with van der Waals surface area (Å²) < 4.78 is 66.9. The number of halogens is 4. The van der Waals surface area contributed by atoms with E-state index < -0.39 is 47.5 Å². The number of ether oxygens (including phenoxy) is 2. The summed E-state index contributed by atoms with van der Waals surface area (Å²) >= 11 is 0. The van der Waals surface area contributed by atoms with Gasteiger partial charge in [0.25, 0.3) is 11.8 Å². The van der Waals surface area contributed by atoms with Gasteiger partial charge in [-0.2, -0.15) is 13.2 Å². The summed E-state index contributed by atoms with van der Waals surface area (Å²) in [5.74, 6) is -1.28. The van der Waals surface area contributed by atoms with Gasteiger partial charge in [0.05, 0.1) is 31.0 Å². The lowest BCUT2D eigenvalue weighted by atomic mass is 10.0. The van der Waals surface area contributed by atoms with E-state index in [1.165, 1.54) is 18.1 Å². The van der Waals surface area contributed by atoms with Crippen molar-refractivity contribution in [3.8, 4) is 22.9 Å². The number of methoxy groups -OCH3 is 1. The fraction of sp³-hybridized carbons (Fsp3) is 0.452. The number of pyridine rings is 3. The molecule has 11 nitrogen and oxygen atoms in total. The third kappa shape index (κ3) is 6.83. The molecule has 5 rings (SSSR count). The molecule has 5 heterocycles. The lowest BCUT2D eigenvalue weighted by molar-refractivity contribution is -0.141. The molecule has 2 aliphatic rings. The number of aromatic nitrogens is 3. The number of hydrogen-bond donors (Lipinski definition) is 2. The summed E-state index contributed by atoms with van der Waals surface area (Å²) in [4.78, 5) is 42.9. The topological polar surface area (TPSA) is 122 Å². The third-order valence-electron chi connectivity index (χ3n) is 8.00. The normalized spacial score (nSPS) is 20.0. The van der Waals surface area contributed by atoms with E-state index in [0.717, 1.165) is 6.07 Å². The molecule has 0 radical (unpaired) electrons. The van der Waals surface area contributed by atoms with E-state index in [1.807, 2.05) is 18.7 Å². The molecule has 3 aromatic rings. The van der Waals surface area contributed by atoms with Crippen LogP contribution < -0.4 is 25.0 Å². The van der Waals surface area contributed by atoms with Crippen LogP contribution in [-0.2, 0) is 6.18 Å². The minimum atomic E-state index is -4.88. The molecule has 46 heavy (non-hydrogen) atoms. The molecule has 246 valence electrons. The number of carbonyl (C=O) groups excluding carboxylic acids is 2. The number of carbonyl (C=O) groups is 2. The van der Waals surface area contributed by atoms with E-state index in [9.17, 15) is 27.2 Å². The summed E-state index contributed by atoms with van der Waals surface area (Å²) in [6, 6.07) is 6.32. The van der Waals surface area contributed by atoms with Crippen LogP contribution in [0.1, 0.15) is 46.8 Å². The number of anilines is 1. The number of rotatable bonds is 9. The molecule has 3 aromatic heterocycles. The number of hydrogen-bond acceptors (Lipinski definition) is 9. The molecule has 0 aliphatic carbocycles. The van der Waals surface area contributed by atoms with Gasteiger partial charge in [0.2, 0.25) is 5.88 Å². The van der Waals surface area contributed by atoms with Crippen molar-refractivity contribution in [3.05, 3.63) is 59.7 Å². The average molecular weight is 646 g/mol. The SMILES string of the molecule is CCOc1cc(N2CCN(C(=O)c3ccc(OC)nc3C(F)(F)F)C[C@H]2CC)c(C(=O)N[C@@H]2CNC[C@H]2F)nc1-c1cccnc1. The van der Waals surface area contributed by atoms with Gasteiger partial charge >= 0.3 is 6.18 Å². The molecule has 0 saturated carbocycles. The van der Waals surface area contributed by atoms with Crippen molar-refractivity contribution < 1.29 is 36.6 Å². The molecular formula is C31H35F4N7O4. The highest BCUT2D eigenvalue weighted by atomic mass is 19.4. The fourth-order valence-corrected chi connectivity index (χ4v) is 5.69. The Balaban J connectivity index is 1.51. The standard InChI is InChI=1S/C31H35F4N7O4/c1-4-19-17-41(30(44)20-8-9-25(45-3)39-28(20)31(33,34)35)11-12-42(19)23-13-24(46-5-2)26(18-7-6-10-36-14-18)40-27(23)29(43)38-22-16-37-15-21(22)32/h6-10,13-14,19,21-22,37H,4-5,11-12,15-17H2,1-3H3,(H,38,43)/t19-,21-,22-/m1/s1. The molecule has 0 spiro atoms. The minimum absolute atomic E-state index is 0.0262. The summed E-state index contributed by atoms with van der Waals surface area (Å²) in [7, 11) is 1.19. The Morgan fingerprint density at radius 3 is 2.57 bits per heavy atom. The van der Waals surface area contributed by atoms with E-state index in [2.05, 4.69) is 20.6 Å². The molecule has 2 N–H and O–H groups in total. The quantitative estimate of drug-likeness (QED) is 0.335. The first-order valence-electron chi connectivity index (χ1n) is 15.0. The lowest BCUT2D eigenvalue weighted by Gasteiger charge is -2.43. The first kappa shape index (κ1) is 32.9. The van der Waals surface area contributed by atoms with Crippen LogP contribution in [0.3, 0.4) is 0 Å². The molecule has 2 fully saturated rings. The Morgan fingerprint density at radius 2 is 1.93 bits per heavy atom.